The van der Waals surface area contributed by atoms with E-state index in [2.05, 4.69) is 0 Å². The van der Waals surface area contributed by atoms with Crippen LogP contribution in [-0.2, 0) is 61.5 Å². The summed E-state index contributed by atoms with van der Waals surface area (Å²) in [7, 11) is 0. The van der Waals surface area contributed by atoms with Crippen LogP contribution in [0.25, 0.3) is 0 Å². The van der Waals surface area contributed by atoms with Crippen molar-refractivity contribution in [3.05, 3.63) is 0 Å². The van der Waals surface area contributed by atoms with E-state index in [1.807, 2.05) is 0 Å². The third-order valence-electron chi connectivity index (χ3n) is 0. The number of carbonyl (C=O) groups is 6. The van der Waals surface area contributed by atoms with E-state index in [4.69, 9.17) is 59.4 Å². The van der Waals surface area contributed by atoms with Crippen molar-refractivity contribution in [2.24, 2.45) is 0 Å². The van der Waals surface area contributed by atoms with Gasteiger partial charge in [0.2, 0.25) is 0 Å². The van der Waals surface area contributed by atoms with Gasteiger partial charge in [0.25, 0.3) is 35.8 Å². The molecule has 0 amide bonds. The molecule has 0 heterocycles. The monoisotopic (exact) mass is 602 g/mol. The Morgan fingerprint density at radius 3 is 0.385 bits per heavy atom. The van der Waals surface area contributed by atoms with Gasteiger partial charge in [-0.2, -0.15) is 0 Å². The Morgan fingerprint density at radius 2 is 0.385 bits per heavy atom. The van der Waals surface area contributed by atoms with Crippen LogP contribution < -0.4 is 0 Å². The summed E-state index contributed by atoms with van der Waals surface area (Å²) in [5.41, 5.74) is 0. The third-order valence-corrected chi connectivity index (χ3v) is 0. The smallest absolute Gasteiger partial charge is 0.300 e. The molecule has 0 unspecified atom stereocenters. The summed E-state index contributed by atoms with van der Waals surface area (Å²) in [6, 6.07) is 0. The van der Waals surface area contributed by atoms with Gasteiger partial charge in [0.15, 0.2) is 0 Å². The number of hydrogen-bond donors (Lipinski definition) is 6. The van der Waals surface area contributed by atoms with Gasteiger partial charge in [-0.05, 0) is 0 Å². The fourth-order valence-electron chi connectivity index (χ4n) is 0. The minimum absolute atomic E-state index is 0. The van der Waals surface area contributed by atoms with Gasteiger partial charge in [0.1, 0.15) is 0 Å². The summed E-state index contributed by atoms with van der Waals surface area (Å²) in [5, 5.41) is 44.5. The predicted octanol–water partition coefficient (Wildman–Crippen LogP) is 0.543. The number of aliphatic carboxylic acids is 6. The molecule has 0 atom stereocenters. The summed E-state index contributed by atoms with van der Waals surface area (Å²) < 4.78 is 0. The Morgan fingerprint density at radius 1 is 0.385 bits per heavy atom. The fourth-order valence-corrected chi connectivity index (χ4v) is 0. The zero-order chi connectivity index (χ0) is 21.5. The van der Waals surface area contributed by atoms with Crippen molar-refractivity contribution >= 4 is 35.8 Å². The van der Waals surface area contributed by atoms with Crippen LogP contribution in [0.15, 0.2) is 0 Å². The molecule has 154 valence electrons. The Hall–Kier alpha value is -0.492. The molecule has 0 aliphatic carbocycles. The zero-order valence-electron chi connectivity index (χ0n) is 15.1. The first-order valence-electron chi connectivity index (χ1n) is 5.57. The Bertz CT molecular complexity index is 267. The third kappa shape index (κ3) is 49300. The van der Waals surface area contributed by atoms with Gasteiger partial charge in [-0.15, -0.1) is 0 Å². The largest absolute Gasteiger partial charge is 0.481 e. The second-order valence-electron chi connectivity index (χ2n) is 3.11. The van der Waals surface area contributed by atoms with E-state index in [-0.39, 0.29) is 82.1 Å². The Labute approximate surface area is 216 Å². The summed E-state index contributed by atoms with van der Waals surface area (Å²) in [5.74, 6) is -5.00. The SMILES string of the molecule is CC(=O)O.CC(=O)O.CC(=O)O.CC(=O)O.CC(=O)O.CC(=O)O.[Eu].[Y]. The first-order valence-corrected chi connectivity index (χ1v) is 5.57. The van der Waals surface area contributed by atoms with Gasteiger partial charge in [-0.1, -0.05) is 0 Å². The molecule has 0 aromatic carbocycles. The maximum atomic E-state index is 9.00. The zero-order valence-corrected chi connectivity index (χ0v) is 20.4. The average molecular weight is 601 g/mol. The quantitative estimate of drug-likeness (QED) is 0.224. The molecule has 0 rings (SSSR count). The second-order valence-corrected chi connectivity index (χ2v) is 3.11. The topological polar surface area (TPSA) is 224 Å². The molecule has 2 radical (unpaired) electrons. The number of carboxylic acid groups (broad SMARTS) is 6. The van der Waals surface area contributed by atoms with Crippen molar-refractivity contribution in [2.75, 3.05) is 0 Å². The minimum atomic E-state index is -0.833. The minimum Gasteiger partial charge on any atom is -0.481 e. The standard InChI is InChI=1S/6C2H4O2.Eu.Y/c6*1-2(3)4;;/h6*1H3,(H,3,4);;. The molecular formula is C12H24EuO12Y. The second kappa shape index (κ2) is 44.2. The molecule has 12 nitrogen and oxygen atoms in total. The summed E-state index contributed by atoms with van der Waals surface area (Å²) in [6.45, 7) is 6.50. The van der Waals surface area contributed by atoms with E-state index in [0.29, 0.717) is 0 Å². The molecule has 0 aliphatic heterocycles. The van der Waals surface area contributed by atoms with E-state index in [9.17, 15) is 0 Å². The van der Waals surface area contributed by atoms with Gasteiger partial charge in [0, 0.05) is 124 Å². The van der Waals surface area contributed by atoms with Gasteiger partial charge in [0.05, 0.1) is 0 Å². The van der Waals surface area contributed by atoms with E-state index < -0.39 is 35.8 Å². The number of carboxylic acids is 6. The van der Waals surface area contributed by atoms with Crippen LogP contribution in [0.4, 0.5) is 0 Å². The van der Waals surface area contributed by atoms with Crippen molar-refractivity contribution in [3.8, 4) is 0 Å². The van der Waals surface area contributed by atoms with E-state index >= 15 is 0 Å². The van der Waals surface area contributed by atoms with E-state index in [1.165, 1.54) is 0 Å². The maximum absolute atomic E-state index is 9.00. The van der Waals surface area contributed by atoms with Crippen LogP contribution in [-0.4, -0.2) is 66.5 Å². The van der Waals surface area contributed by atoms with Crippen molar-refractivity contribution in [3.63, 3.8) is 0 Å². The molecule has 6 N–H and O–H groups in total. The van der Waals surface area contributed by atoms with Crippen LogP contribution in [0, 0.1) is 49.4 Å². The van der Waals surface area contributed by atoms with Crippen molar-refractivity contribution in [1.29, 1.82) is 0 Å². The number of hydrogen-bond acceptors (Lipinski definition) is 6. The molecule has 0 aliphatic rings. The van der Waals surface area contributed by atoms with Crippen molar-refractivity contribution < 1.29 is 141 Å². The van der Waals surface area contributed by atoms with Crippen molar-refractivity contribution in [1.82, 2.24) is 0 Å². The van der Waals surface area contributed by atoms with Gasteiger partial charge in [-0.25, -0.2) is 0 Å². The van der Waals surface area contributed by atoms with Crippen LogP contribution >= 0.6 is 0 Å². The number of rotatable bonds is 0. The molecule has 26 heavy (non-hydrogen) atoms. The molecule has 0 aromatic heterocycles. The maximum Gasteiger partial charge on any atom is 0.300 e. The summed E-state index contributed by atoms with van der Waals surface area (Å²) >= 11 is 0. The average Bonchev–Trinajstić information content (AvgIpc) is 2.08. The Kier molecular flexibility index (Phi) is 84.9. The molecule has 0 saturated carbocycles. The van der Waals surface area contributed by atoms with E-state index in [1.54, 1.807) is 0 Å². The molecule has 0 aromatic rings. The molecular weight excluding hydrogens is 577 g/mol. The van der Waals surface area contributed by atoms with Crippen LogP contribution in [0.5, 0.6) is 0 Å². The summed E-state index contributed by atoms with van der Waals surface area (Å²) in [4.78, 5) is 54.0. The first kappa shape index (κ1) is 50.0. The van der Waals surface area contributed by atoms with Crippen LogP contribution in [0.2, 0.25) is 0 Å². The molecule has 0 saturated heterocycles. The Balaban J connectivity index is -0.0000000245. The fraction of sp³-hybridized carbons (Fsp3) is 0.500. The van der Waals surface area contributed by atoms with Gasteiger partial charge < -0.3 is 30.6 Å². The normalized spacial score (nSPS) is 5.77. The van der Waals surface area contributed by atoms with Gasteiger partial charge in [-0.3, -0.25) is 28.8 Å². The molecule has 0 spiro atoms. The van der Waals surface area contributed by atoms with Crippen molar-refractivity contribution in [2.45, 2.75) is 41.5 Å². The molecule has 14 heteroatoms. The van der Waals surface area contributed by atoms with Gasteiger partial charge >= 0.3 is 0 Å². The summed E-state index contributed by atoms with van der Waals surface area (Å²) in [6.07, 6.45) is 0. The van der Waals surface area contributed by atoms with E-state index in [0.717, 1.165) is 41.5 Å². The molecule has 0 bridgehead atoms. The van der Waals surface area contributed by atoms with Crippen LogP contribution in [0.1, 0.15) is 41.5 Å². The first-order chi connectivity index (χ1) is 10.4. The predicted molar refractivity (Wildman–Crippen MR) is 79.9 cm³/mol. The molecule has 0 fully saturated rings. The van der Waals surface area contributed by atoms with Crippen LogP contribution in [0.3, 0.4) is 0 Å².